The van der Waals surface area contributed by atoms with Crippen LogP contribution < -0.4 is 15.4 Å². The smallest absolute Gasteiger partial charge is 0.323 e. The van der Waals surface area contributed by atoms with Gasteiger partial charge in [-0.2, -0.15) is 0 Å². The fourth-order valence-corrected chi connectivity index (χ4v) is 2.13. The third-order valence-electron chi connectivity index (χ3n) is 2.67. The van der Waals surface area contributed by atoms with Gasteiger partial charge >= 0.3 is 6.03 Å². The van der Waals surface area contributed by atoms with Crippen molar-refractivity contribution in [1.29, 1.82) is 0 Å². The maximum absolute atomic E-state index is 12.1. The molecule has 4 nitrogen and oxygen atoms in total. The highest BCUT2D eigenvalue weighted by Gasteiger charge is 2.10. The fraction of sp³-hybridized carbons (Fsp3) is 0.188. The lowest BCUT2D eigenvalue weighted by Gasteiger charge is -2.15. The number of nitrogens with one attached hydrogen (secondary N) is 2. The quantitative estimate of drug-likeness (QED) is 0.781. The molecule has 0 spiro atoms. The van der Waals surface area contributed by atoms with Gasteiger partial charge in [-0.25, -0.2) is 4.79 Å². The first kappa shape index (κ1) is 16.5. The van der Waals surface area contributed by atoms with E-state index in [1.807, 2.05) is 26.0 Å². The van der Waals surface area contributed by atoms with Crippen molar-refractivity contribution in [2.75, 3.05) is 10.6 Å². The lowest BCUT2D eigenvalue weighted by atomic mass is 10.3. The number of rotatable bonds is 4. The zero-order valence-corrected chi connectivity index (χ0v) is 13.7. The number of hydrogen-bond acceptors (Lipinski definition) is 2. The summed E-state index contributed by atoms with van der Waals surface area (Å²) in [7, 11) is 0. The number of amides is 2. The summed E-state index contributed by atoms with van der Waals surface area (Å²) in [6.45, 7) is 3.84. The normalized spacial score (nSPS) is 10.4. The van der Waals surface area contributed by atoms with E-state index in [-0.39, 0.29) is 6.10 Å². The highest BCUT2D eigenvalue weighted by atomic mass is 35.5. The van der Waals surface area contributed by atoms with Crippen LogP contribution in [0.25, 0.3) is 0 Å². The number of anilines is 2. The summed E-state index contributed by atoms with van der Waals surface area (Å²) in [6, 6.07) is 11.6. The number of para-hydroxylation sites is 2. The summed E-state index contributed by atoms with van der Waals surface area (Å²) in [6.07, 6.45) is 0.00776. The highest BCUT2D eigenvalue weighted by molar-refractivity contribution is 6.35. The van der Waals surface area contributed by atoms with Crippen molar-refractivity contribution in [3.05, 3.63) is 52.5 Å². The first-order valence-electron chi connectivity index (χ1n) is 6.74. The van der Waals surface area contributed by atoms with Gasteiger partial charge in [0.1, 0.15) is 5.75 Å². The molecule has 2 aromatic carbocycles. The van der Waals surface area contributed by atoms with Gasteiger partial charge in [0.25, 0.3) is 0 Å². The summed E-state index contributed by atoms with van der Waals surface area (Å²) in [5, 5.41) is 6.29. The average Bonchev–Trinajstić information content (AvgIpc) is 2.44. The van der Waals surface area contributed by atoms with Crippen LogP contribution in [0.5, 0.6) is 5.75 Å². The molecule has 0 heterocycles. The van der Waals surface area contributed by atoms with Crippen LogP contribution in [0.15, 0.2) is 42.5 Å². The van der Waals surface area contributed by atoms with Crippen LogP contribution in [0.2, 0.25) is 10.0 Å². The predicted octanol–water partition coefficient (Wildman–Crippen LogP) is 5.42. The van der Waals surface area contributed by atoms with E-state index in [4.69, 9.17) is 27.9 Å². The third kappa shape index (κ3) is 4.55. The molecule has 6 heteroatoms. The standard InChI is InChI=1S/C16H16Cl2N2O2/c1-10(2)22-15-6-4-3-5-13(15)19-16(21)20-14-9-11(17)7-8-12(14)18/h3-10H,1-2H3,(H2,19,20,21). The molecule has 0 radical (unpaired) electrons. The second-order valence-electron chi connectivity index (χ2n) is 4.87. The van der Waals surface area contributed by atoms with E-state index in [9.17, 15) is 4.79 Å². The summed E-state index contributed by atoms with van der Waals surface area (Å²) < 4.78 is 5.65. The van der Waals surface area contributed by atoms with Gasteiger partial charge in [-0.1, -0.05) is 35.3 Å². The Morgan fingerprint density at radius 2 is 1.73 bits per heavy atom. The number of halogens is 2. The van der Waals surface area contributed by atoms with E-state index in [1.165, 1.54) is 0 Å². The number of ether oxygens (including phenoxy) is 1. The van der Waals surface area contributed by atoms with Crippen molar-refractivity contribution in [3.63, 3.8) is 0 Å². The summed E-state index contributed by atoms with van der Waals surface area (Å²) >= 11 is 11.9. The Hall–Kier alpha value is -1.91. The van der Waals surface area contributed by atoms with Crippen LogP contribution in [0, 0.1) is 0 Å². The molecule has 116 valence electrons. The minimum atomic E-state index is -0.427. The first-order valence-corrected chi connectivity index (χ1v) is 7.50. The molecule has 2 rings (SSSR count). The molecular formula is C16H16Cl2N2O2. The van der Waals surface area contributed by atoms with Gasteiger partial charge in [0, 0.05) is 5.02 Å². The Balaban J connectivity index is 2.11. The van der Waals surface area contributed by atoms with Crippen LogP contribution in [0.1, 0.15) is 13.8 Å². The van der Waals surface area contributed by atoms with Crippen molar-refractivity contribution >= 4 is 40.6 Å². The third-order valence-corrected chi connectivity index (χ3v) is 3.24. The molecule has 0 unspecified atom stereocenters. The second-order valence-corrected chi connectivity index (χ2v) is 5.71. The van der Waals surface area contributed by atoms with Gasteiger partial charge in [-0.3, -0.25) is 0 Å². The van der Waals surface area contributed by atoms with Crippen LogP contribution >= 0.6 is 23.2 Å². The number of urea groups is 1. The summed E-state index contributed by atoms with van der Waals surface area (Å²) in [4.78, 5) is 12.1. The van der Waals surface area contributed by atoms with Gasteiger partial charge in [0.05, 0.1) is 22.5 Å². The van der Waals surface area contributed by atoms with E-state index < -0.39 is 6.03 Å². The van der Waals surface area contributed by atoms with Crippen molar-refractivity contribution in [3.8, 4) is 5.75 Å². The largest absolute Gasteiger partial charge is 0.489 e. The molecule has 2 aromatic rings. The number of benzene rings is 2. The lowest BCUT2D eigenvalue weighted by molar-refractivity contribution is 0.243. The first-order chi connectivity index (χ1) is 10.5. The second kappa shape index (κ2) is 7.38. The monoisotopic (exact) mass is 338 g/mol. The SMILES string of the molecule is CC(C)Oc1ccccc1NC(=O)Nc1cc(Cl)ccc1Cl. The van der Waals surface area contributed by atoms with Crippen LogP contribution in [0.4, 0.5) is 16.2 Å². The molecule has 0 aliphatic rings. The van der Waals surface area contributed by atoms with Crippen LogP contribution in [-0.2, 0) is 0 Å². The maximum Gasteiger partial charge on any atom is 0.323 e. The van der Waals surface area contributed by atoms with Crippen LogP contribution in [-0.4, -0.2) is 12.1 Å². The van der Waals surface area contributed by atoms with E-state index in [1.54, 1.807) is 30.3 Å². The molecule has 2 amide bonds. The fourth-order valence-electron chi connectivity index (χ4n) is 1.80. The van der Waals surface area contributed by atoms with Gasteiger partial charge < -0.3 is 15.4 Å². The predicted molar refractivity (Wildman–Crippen MR) is 91.3 cm³/mol. The van der Waals surface area contributed by atoms with E-state index in [2.05, 4.69) is 10.6 Å². The number of hydrogen-bond donors (Lipinski definition) is 2. The zero-order chi connectivity index (χ0) is 16.1. The van der Waals surface area contributed by atoms with E-state index >= 15 is 0 Å². The lowest BCUT2D eigenvalue weighted by Crippen LogP contribution is -2.20. The van der Waals surface area contributed by atoms with E-state index in [0.29, 0.717) is 27.2 Å². The molecule has 2 N–H and O–H groups in total. The van der Waals surface area contributed by atoms with Crippen molar-refractivity contribution in [2.45, 2.75) is 20.0 Å². The summed E-state index contributed by atoms with van der Waals surface area (Å²) in [5.41, 5.74) is 1.01. The molecule has 0 saturated heterocycles. The molecule has 0 saturated carbocycles. The molecule has 0 fully saturated rings. The Kier molecular flexibility index (Phi) is 5.52. The summed E-state index contributed by atoms with van der Waals surface area (Å²) in [5.74, 6) is 0.602. The highest BCUT2D eigenvalue weighted by Crippen LogP contribution is 2.27. The molecule has 0 aliphatic heterocycles. The molecule has 0 aliphatic carbocycles. The Morgan fingerprint density at radius 1 is 1.05 bits per heavy atom. The van der Waals surface area contributed by atoms with Crippen LogP contribution in [0.3, 0.4) is 0 Å². The molecule has 0 aromatic heterocycles. The Bertz CT molecular complexity index is 675. The minimum Gasteiger partial charge on any atom is -0.489 e. The molecule has 0 atom stereocenters. The topological polar surface area (TPSA) is 50.4 Å². The van der Waals surface area contributed by atoms with Gasteiger partial charge in [-0.05, 0) is 44.2 Å². The van der Waals surface area contributed by atoms with Gasteiger partial charge in [0.15, 0.2) is 0 Å². The van der Waals surface area contributed by atoms with Crippen molar-refractivity contribution in [2.24, 2.45) is 0 Å². The average molecular weight is 339 g/mol. The van der Waals surface area contributed by atoms with Crippen molar-refractivity contribution < 1.29 is 9.53 Å². The van der Waals surface area contributed by atoms with Crippen molar-refractivity contribution in [1.82, 2.24) is 0 Å². The minimum absolute atomic E-state index is 0.00776. The zero-order valence-electron chi connectivity index (χ0n) is 12.2. The number of carbonyl (C=O) groups excluding carboxylic acids is 1. The Morgan fingerprint density at radius 3 is 2.45 bits per heavy atom. The molecule has 22 heavy (non-hydrogen) atoms. The van der Waals surface area contributed by atoms with E-state index in [0.717, 1.165) is 0 Å². The Labute approximate surface area is 139 Å². The molecular weight excluding hydrogens is 323 g/mol. The maximum atomic E-state index is 12.1. The number of carbonyl (C=O) groups is 1. The van der Waals surface area contributed by atoms with Gasteiger partial charge in [0.2, 0.25) is 0 Å². The van der Waals surface area contributed by atoms with Gasteiger partial charge in [-0.15, -0.1) is 0 Å². The molecule has 0 bridgehead atoms.